The number of benzene rings is 1. The predicted molar refractivity (Wildman–Crippen MR) is 62.7 cm³/mol. The Morgan fingerprint density at radius 2 is 2.00 bits per heavy atom. The summed E-state index contributed by atoms with van der Waals surface area (Å²) in [6.07, 6.45) is 7.14. The molecule has 82 valence electrons. The zero-order valence-corrected chi connectivity index (χ0v) is 8.95. The summed E-state index contributed by atoms with van der Waals surface area (Å²) in [5.74, 6) is 0.412. The van der Waals surface area contributed by atoms with Crippen molar-refractivity contribution in [3.05, 3.63) is 54.3 Å². The molecule has 3 heteroatoms. The molecule has 16 heavy (non-hydrogen) atoms. The van der Waals surface area contributed by atoms with Gasteiger partial charge in [-0.15, -0.1) is 0 Å². The summed E-state index contributed by atoms with van der Waals surface area (Å²) in [5.41, 5.74) is 2.02. The van der Waals surface area contributed by atoms with Gasteiger partial charge in [0.25, 0.3) is 0 Å². The van der Waals surface area contributed by atoms with Gasteiger partial charge in [-0.2, -0.15) is 5.17 Å². The van der Waals surface area contributed by atoms with Crippen LogP contribution in [0.25, 0.3) is 0 Å². The molecule has 3 nitrogen and oxygen atoms in total. The minimum absolute atomic E-state index is 0.412. The van der Waals surface area contributed by atoms with Crippen LogP contribution in [0.4, 0.5) is 5.69 Å². The Bertz CT molecular complexity index is 439. The van der Waals surface area contributed by atoms with Gasteiger partial charge in [0.15, 0.2) is 0 Å². The second-order valence-electron chi connectivity index (χ2n) is 4.16. The first kappa shape index (κ1) is 9.48. The maximum Gasteiger partial charge on any atom is 0.0705 e. The molecule has 1 atom stereocenters. The van der Waals surface area contributed by atoms with Crippen molar-refractivity contribution in [1.82, 2.24) is 5.17 Å². The standard InChI is InChI=1S/C13H14N2O/c16-15-13-9-5-4-6-11(13)10-14(15)12-7-2-1-3-8-12/h1-5,7-9,11,16H,6,10H2. The molecule has 0 saturated carbocycles. The molecular formula is C13H14N2O. The average molecular weight is 214 g/mol. The van der Waals surface area contributed by atoms with Crippen molar-refractivity contribution in [2.75, 3.05) is 11.6 Å². The highest BCUT2D eigenvalue weighted by molar-refractivity contribution is 5.48. The van der Waals surface area contributed by atoms with E-state index in [9.17, 15) is 5.21 Å². The lowest BCUT2D eigenvalue weighted by molar-refractivity contribution is -0.0526. The summed E-state index contributed by atoms with van der Waals surface area (Å²) in [5, 5.41) is 13.3. The number of hydrogen-bond acceptors (Lipinski definition) is 3. The SMILES string of the molecule is ON1C2=CC=CCC2CN1c1ccccc1. The molecule has 1 fully saturated rings. The van der Waals surface area contributed by atoms with E-state index in [1.807, 2.05) is 47.5 Å². The molecule has 0 bridgehead atoms. The van der Waals surface area contributed by atoms with Gasteiger partial charge in [-0.1, -0.05) is 30.4 Å². The molecule has 0 spiro atoms. The quantitative estimate of drug-likeness (QED) is 0.778. The lowest BCUT2D eigenvalue weighted by atomic mass is 9.99. The third kappa shape index (κ3) is 1.41. The fraction of sp³-hybridized carbons (Fsp3) is 0.231. The second kappa shape index (κ2) is 3.68. The Hall–Kier alpha value is -1.74. The lowest BCUT2D eigenvalue weighted by Gasteiger charge is -2.25. The van der Waals surface area contributed by atoms with Crippen molar-refractivity contribution in [2.45, 2.75) is 6.42 Å². The Morgan fingerprint density at radius 1 is 1.19 bits per heavy atom. The molecule has 2 aliphatic rings. The number of hydrogen-bond donors (Lipinski definition) is 1. The van der Waals surface area contributed by atoms with Crippen LogP contribution in [-0.2, 0) is 0 Å². The minimum Gasteiger partial charge on any atom is -0.269 e. The van der Waals surface area contributed by atoms with Crippen LogP contribution in [0, 0.1) is 5.92 Å². The third-order valence-electron chi connectivity index (χ3n) is 3.15. The zero-order chi connectivity index (χ0) is 11.0. The van der Waals surface area contributed by atoms with E-state index in [0.29, 0.717) is 5.92 Å². The first-order chi connectivity index (χ1) is 7.86. The Kier molecular flexibility index (Phi) is 2.18. The van der Waals surface area contributed by atoms with Crippen LogP contribution in [-0.4, -0.2) is 16.9 Å². The van der Waals surface area contributed by atoms with Gasteiger partial charge < -0.3 is 0 Å². The summed E-state index contributed by atoms with van der Waals surface area (Å²) in [4.78, 5) is 0. The number of para-hydroxylation sites is 1. The average Bonchev–Trinajstić information content (AvgIpc) is 2.69. The van der Waals surface area contributed by atoms with Crippen LogP contribution in [0.15, 0.2) is 54.3 Å². The molecule has 0 aromatic heterocycles. The van der Waals surface area contributed by atoms with Gasteiger partial charge in [-0.05, 0) is 24.6 Å². The first-order valence-electron chi connectivity index (χ1n) is 5.54. The molecule has 0 amide bonds. The number of fused-ring (bicyclic) bond motifs is 1. The van der Waals surface area contributed by atoms with E-state index >= 15 is 0 Å². The van der Waals surface area contributed by atoms with Crippen molar-refractivity contribution >= 4 is 5.69 Å². The van der Waals surface area contributed by atoms with Crippen LogP contribution in [0.2, 0.25) is 0 Å². The number of rotatable bonds is 1. The Balaban J connectivity index is 1.91. The second-order valence-corrected chi connectivity index (χ2v) is 4.16. The molecular weight excluding hydrogens is 200 g/mol. The lowest BCUT2D eigenvalue weighted by Crippen LogP contribution is -2.32. The number of anilines is 1. The van der Waals surface area contributed by atoms with E-state index in [1.165, 1.54) is 5.17 Å². The molecule has 1 N–H and O–H groups in total. The number of nitrogens with zero attached hydrogens (tertiary/aromatic N) is 2. The monoisotopic (exact) mass is 214 g/mol. The molecule has 1 heterocycles. The van der Waals surface area contributed by atoms with Gasteiger partial charge in [-0.3, -0.25) is 10.2 Å². The van der Waals surface area contributed by atoms with Gasteiger partial charge in [0, 0.05) is 5.92 Å². The zero-order valence-electron chi connectivity index (χ0n) is 8.95. The van der Waals surface area contributed by atoms with Crippen LogP contribution in [0.1, 0.15) is 6.42 Å². The summed E-state index contributed by atoms with van der Waals surface area (Å²) < 4.78 is 0. The van der Waals surface area contributed by atoms with E-state index in [0.717, 1.165) is 24.4 Å². The van der Waals surface area contributed by atoms with E-state index in [2.05, 4.69) is 6.08 Å². The van der Waals surface area contributed by atoms with Crippen molar-refractivity contribution in [1.29, 1.82) is 0 Å². The van der Waals surface area contributed by atoms with Crippen molar-refractivity contribution in [2.24, 2.45) is 5.92 Å². The summed E-state index contributed by atoms with van der Waals surface area (Å²) in [7, 11) is 0. The largest absolute Gasteiger partial charge is 0.269 e. The topological polar surface area (TPSA) is 26.7 Å². The van der Waals surface area contributed by atoms with Gasteiger partial charge in [-0.25, -0.2) is 0 Å². The molecule has 1 saturated heterocycles. The maximum absolute atomic E-state index is 10.1. The summed E-state index contributed by atoms with van der Waals surface area (Å²) in [6.45, 7) is 0.844. The highest BCUT2D eigenvalue weighted by Crippen LogP contribution is 2.34. The summed E-state index contributed by atoms with van der Waals surface area (Å²) >= 11 is 0. The van der Waals surface area contributed by atoms with E-state index in [-0.39, 0.29) is 0 Å². The van der Waals surface area contributed by atoms with Crippen LogP contribution in [0.5, 0.6) is 0 Å². The normalized spacial score (nSPS) is 23.3. The summed E-state index contributed by atoms with van der Waals surface area (Å²) in [6, 6.07) is 9.97. The van der Waals surface area contributed by atoms with E-state index < -0.39 is 0 Å². The fourth-order valence-electron chi connectivity index (χ4n) is 2.30. The van der Waals surface area contributed by atoms with Crippen molar-refractivity contribution in [3.8, 4) is 0 Å². The predicted octanol–water partition coefficient (Wildman–Crippen LogP) is 2.57. The highest BCUT2D eigenvalue weighted by atomic mass is 16.6. The van der Waals surface area contributed by atoms with Gasteiger partial charge in [0.2, 0.25) is 0 Å². The molecule has 3 rings (SSSR count). The molecule has 1 aliphatic carbocycles. The van der Waals surface area contributed by atoms with Crippen LogP contribution < -0.4 is 5.01 Å². The molecule has 1 aromatic rings. The fourth-order valence-corrected chi connectivity index (χ4v) is 2.30. The van der Waals surface area contributed by atoms with Gasteiger partial charge >= 0.3 is 0 Å². The van der Waals surface area contributed by atoms with E-state index in [4.69, 9.17) is 0 Å². The maximum atomic E-state index is 10.1. The smallest absolute Gasteiger partial charge is 0.0705 e. The van der Waals surface area contributed by atoms with Crippen molar-refractivity contribution < 1.29 is 5.21 Å². The van der Waals surface area contributed by atoms with Crippen LogP contribution in [0.3, 0.4) is 0 Å². The van der Waals surface area contributed by atoms with Gasteiger partial charge in [0.1, 0.15) is 0 Å². The highest BCUT2D eigenvalue weighted by Gasteiger charge is 2.34. The molecule has 1 aromatic carbocycles. The first-order valence-corrected chi connectivity index (χ1v) is 5.54. The number of allylic oxidation sites excluding steroid dienone is 3. The Morgan fingerprint density at radius 3 is 2.75 bits per heavy atom. The van der Waals surface area contributed by atoms with Crippen molar-refractivity contribution in [3.63, 3.8) is 0 Å². The third-order valence-corrected chi connectivity index (χ3v) is 3.15. The molecule has 0 radical (unpaired) electrons. The molecule has 1 aliphatic heterocycles. The molecule has 1 unspecified atom stereocenters. The van der Waals surface area contributed by atoms with Crippen LogP contribution >= 0.6 is 0 Å². The minimum atomic E-state index is 0.412. The van der Waals surface area contributed by atoms with Gasteiger partial charge in [0.05, 0.1) is 17.9 Å². The number of hydroxylamine groups is 1. The number of hydrazine groups is 1. The Labute approximate surface area is 94.8 Å². The van der Waals surface area contributed by atoms with E-state index in [1.54, 1.807) is 0 Å².